The fourth-order valence-electron chi connectivity index (χ4n) is 1.02. The number of carboxylic acids is 1. The van der Waals surface area contributed by atoms with Crippen LogP contribution in [0.25, 0.3) is 0 Å². The number of rotatable bonds is 8. The van der Waals surface area contributed by atoms with E-state index in [1.165, 1.54) is 6.08 Å². The van der Waals surface area contributed by atoms with Crippen LogP contribution in [0.5, 0.6) is 0 Å². The summed E-state index contributed by atoms with van der Waals surface area (Å²) in [6.45, 7) is 9.76. The molecule has 0 amide bonds. The Kier molecular flexibility index (Phi) is 10.0. The summed E-state index contributed by atoms with van der Waals surface area (Å²) < 4.78 is 14.1. The summed E-state index contributed by atoms with van der Waals surface area (Å²) in [6, 6.07) is 0. The SMILES string of the molecule is C=C(CC=CC(=O)O)C(=O)OCC.C=CC(=O)OCC1CO1. The third-order valence-electron chi connectivity index (χ3n) is 2.17. The van der Waals surface area contributed by atoms with Gasteiger partial charge in [-0.05, 0) is 13.3 Å². The lowest BCUT2D eigenvalue weighted by Crippen LogP contribution is -2.06. The number of ether oxygens (including phenoxy) is 3. The van der Waals surface area contributed by atoms with E-state index in [1.54, 1.807) is 6.92 Å². The van der Waals surface area contributed by atoms with Gasteiger partial charge in [0.15, 0.2) is 0 Å². The van der Waals surface area contributed by atoms with Gasteiger partial charge in [0.25, 0.3) is 0 Å². The van der Waals surface area contributed by atoms with E-state index in [1.807, 2.05) is 0 Å². The zero-order chi connectivity index (χ0) is 17.0. The molecule has 0 aromatic carbocycles. The molecule has 0 bridgehead atoms. The van der Waals surface area contributed by atoms with Crippen LogP contribution < -0.4 is 0 Å². The molecule has 1 heterocycles. The zero-order valence-electron chi connectivity index (χ0n) is 12.4. The van der Waals surface area contributed by atoms with Gasteiger partial charge in [-0.1, -0.05) is 19.2 Å². The third kappa shape index (κ3) is 11.4. The maximum atomic E-state index is 10.9. The molecule has 0 spiro atoms. The summed E-state index contributed by atoms with van der Waals surface area (Å²) in [5.74, 6) is -1.92. The Hall–Kier alpha value is -2.41. The van der Waals surface area contributed by atoms with Crippen LogP contribution in [-0.4, -0.2) is 48.9 Å². The maximum Gasteiger partial charge on any atom is 0.333 e. The van der Waals surface area contributed by atoms with Gasteiger partial charge in [0.1, 0.15) is 12.7 Å². The predicted molar refractivity (Wildman–Crippen MR) is 78.1 cm³/mol. The van der Waals surface area contributed by atoms with Gasteiger partial charge in [-0.15, -0.1) is 0 Å². The Morgan fingerprint density at radius 3 is 2.45 bits per heavy atom. The van der Waals surface area contributed by atoms with Crippen molar-refractivity contribution in [2.45, 2.75) is 19.4 Å². The molecule has 122 valence electrons. The first-order valence-corrected chi connectivity index (χ1v) is 6.55. The van der Waals surface area contributed by atoms with Crippen molar-refractivity contribution < 1.29 is 33.7 Å². The van der Waals surface area contributed by atoms with Gasteiger partial charge in [0, 0.05) is 17.7 Å². The molecule has 0 aliphatic carbocycles. The first kappa shape index (κ1) is 19.6. The van der Waals surface area contributed by atoms with Crippen LogP contribution in [0.15, 0.2) is 37.0 Å². The van der Waals surface area contributed by atoms with Crippen molar-refractivity contribution in [2.24, 2.45) is 0 Å². The number of carbonyl (C=O) groups excluding carboxylic acids is 2. The van der Waals surface area contributed by atoms with Crippen LogP contribution in [0.4, 0.5) is 0 Å². The molecule has 0 saturated carbocycles. The molecule has 0 aromatic heterocycles. The fourth-order valence-corrected chi connectivity index (χ4v) is 1.02. The van der Waals surface area contributed by atoms with Gasteiger partial charge in [0.2, 0.25) is 0 Å². The van der Waals surface area contributed by atoms with Gasteiger partial charge >= 0.3 is 17.9 Å². The molecule has 1 aliphatic rings. The number of carboxylic acid groups (broad SMARTS) is 1. The molecule has 7 nitrogen and oxygen atoms in total. The fraction of sp³-hybridized carbons (Fsp3) is 0.400. The van der Waals surface area contributed by atoms with Gasteiger partial charge < -0.3 is 19.3 Å². The van der Waals surface area contributed by atoms with Gasteiger partial charge in [-0.2, -0.15) is 0 Å². The highest BCUT2D eigenvalue weighted by Crippen LogP contribution is 2.08. The molecular weight excluding hydrogens is 292 g/mol. The normalized spacial score (nSPS) is 15.2. The van der Waals surface area contributed by atoms with Gasteiger partial charge in [-0.3, -0.25) is 0 Å². The molecule has 1 N–H and O–H groups in total. The summed E-state index contributed by atoms with van der Waals surface area (Å²) in [5.41, 5.74) is 0.249. The van der Waals surface area contributed by atoms with E-state index in [9.17, 15) is 14.4 Å². The average Bonchev–Trinajstić information content (AvgIpc) is 3.29. The molecule has 1 rings (SSSR count). The molecular formula is C15H20O7. The van der Waals surface area contributed by atoms with Crippen molar-refractivity contribution in [3.8, 4) is 0 Å². The lowest BCUT2D eigenvalue weighted by atomic mass is 10.2. The smallest absolute Gasteiger partial charge is 0.333 e. The topological polar surface area (TPSA) is 102 Å². The summed E-state index contributed by atoms with van der Waals surface area (Å²) in [4.78, 5) is 31.3. The number of epoxide rings is 1. The summed E-state index contributed by atoms with van der Waals surface area (Å²) in [5, 5.41) is 8.24. The second-order valence-corrected chi connectivity index (χ2v) is 4.06. The monoisotopic (exact) mass is 312 g/mol. The highest BCUT2D eigenvalue weighted by Gasteiger charge is 2.23. The highest BCUT2D eigenvalue weighted by atomic mass is 16.6. The van der Waals surface area contributed by atoms with Crippen molar-refractivity contribution in [3.05, 3.63) is 37.0 Å². The molecule has 1 aliphatic heterocycles. The molecule has 1 unspecified atom stereocenters. The van der Waals surface area contributed by atoms with Crippen molar-refractivity contribution >= 4 is 17.9 Å². The molecule has 1 atom stereocenters. The van der Waals surface area contributed by atoms with E-state index in [0.717, 1.165) is 12.2 Å². The molecule has 0 aromatic rings. The van der Waals surface area contributed by atoms with Crippen LogP contribution in [-0.2, 0) is 28.6 Å². The van der Waals surface area contributed by atoms with E-state index in [4.69, 9.17) is 9.84 Å². The minimum Gasteiger partial charge on any atom is -0.478 e. The zero-order valence-corrected chi connectivity index (χ0v) is 12.4. The number of aliphatic carboxylic acids is 1. The van der Waals surface area contributed by atoms with E-state index < -0.39 is 11.9 Å². The Morgan fingerprint density at radius 2 is 2.00 bits per heavy atom. The minimum atomic E-state index is -1.04. The first-order valence-electron chi connectivity index (χ1n) is 6.55. The Labute approximate surface area is 128 Å². The van der Waals surface area contributed by atoms with Crippen molar-refractivity contribution in [2.75, 3.05) is 19.8 Å². The van der Waals surface area contributed by atoms with Crippen LogP contribution >= 0.6 is 0 Å². The molecule has 1 fully saturated rings. The Balaban J connectivity index is 0.000000425. The molecule has 22 heavy (non-hydrogen) atoms. The van der Waals surface area contributed by atoms with E-state index in [0.29, 0.717) is 19.8 Å². The largest absolute Gasteiger partial charge is 0.478 e. The van der Waals surface area contributed by atoms with Crippen LogP contribution in [0.2, 0.25) is 0 Å². The third-order valence-corrected chi connectivity index (χ3v) is 2.17. The average molecular weight is 312 g/mol. The summed E-state index contributed by atoms with van der Waals surface area (Å²) in [6.07, 6.45) is 3.80. The van der Waals surface area contributed by atoms with Crippen LogP contribution in [0.3, 0.4) is 0 Å². The first-order chi connectivity index (χ1) is 10.4. The quantitative estimate of drug-likeness (QED) is 0.409. The van der Waals surface area contributed by atoms with Gasteiger partial charge in [-0.25, -0.2) is 14.4 Å². The van der Waals surface area contributed by atoms with Crippen LogP contribution in [0.1, 0.15) is 13.3 Å². The predicted octanol–water partition coefficient (Wildman–Crippen LogP) is 1.25. The summed E-state index contributed by atoms with van der Waals surface area (Å²) >= 11 is 0. The lowest BCUT2D eigenvalue weighted by Gasteiger charge is -2.00. The lowest BCUT2D eigenvalue weighted by molar-refractivity contribution is -0.139. The Bertz CT molecular complexity index is 447. The van der Waals surface area contributed by atoms with Crippen LogP contribution in [0, 0.1) is 0 Å². The highest BCUT2D eigenvalue weighted by molar-refractivity contribution is 5.88. The molecule has 1 saturated heterocycles. The summed E-state index contributed by atoms with van der Waals surface area (Å²) in [7, 11) is 0. The van der Waals surface area contributed by atoms with Gasteiger partial charge in [0.05, 0.1) is 13.2 Å². The van der Waals surface area contributed by atoms with Crippen molar-refractivity contribution in [3.63, 3.8) is 0 Å². The minimum absolute atomic E-state index is 0.147. The van der Waals surface area contributed by atoms with Crippen molar-refractivity contribution in [1.82, 2.24) is 0 Å². The Morgan fingerprint density at radius 1 is 1.36 bits per heavy atom. The van der Waals surface area contributed by atoms with E-state index in [2.05, 4.69) is 22.6 Å². The standard InChI is InChI=1S/C9H12O4.C6H8O3/c1-3-13-9(12)7(2)5-4-6-8(10)11;1-2-6(7)9-4-5-3-8-5/h4,6H,2-3,5H2,1H3,(H,10,11);2,5H,1,3-4H2. The van der Waals surface area contributed by atoms with E-state index >= 15 is 0 Å². The second-order valence-electron chi connectivity index (χ2n) is 4.06. The number of carbonyl (C=O) groups is 3. The number of hydrogen-bond donors (Lipinski definition) is 1. The number of hydrogen-bond acceptors (Lipinski definition) is 6. The molecule has 0 radical (unpaired) electrons. The second kappa shape index (κ2) is 11.3. The van der Waals surface area contributed by atoms with E-state index in [-0.39, 0.29) is 24.1 Å². The number of allylic oxidation sites excluding steroid dienone is 1. The maximum absolute atomic E-state index is 10.9. The molecule has 7 heteroatoms. The number of esters is 2. The van der Waals surface area contributed by atoms with Crippen molar-refractivity contribution in [1.29, 1.82) is 0 Å².